The SMILES string of the molecule is Cc1onc(C(C)(C)C)c1C(=O)Nc1ccc2[nH]c(=O)oc2c1. The summed E-state index contributed by atoms with van der Waals surface area (Å²) in [6.07, 6.45) is 0. The molecule has 0 spiro atoms. The summed E-state index contributed by atoms with van der Waals surface area (Å²) in [6, 6.07) is 4.94. The first-order chi connectivity index (χ1) is 10.8. The van der Waals surface area contributed by atoms with E-state index in [1.54, 1.807) is 25.1 Å². The van der Waals surface area contributed by atoms with E-state index in [4.69, 9.17) is 8.94 Å². The molecule has 2 aromatic heterocycles. The Balaban J connectivity index is 1.94. The lowest BCUT2D eigenvalue weighted by atomic mass is 9.88. The predicted molar refractivity (Wildman–Crippen MR) is 84.7 cm³/mol. The van der Waals surface area contributed by atoms with E-state index in [-0.39, 0.29) is 11.3 Å². The van der Waals surface area contributed by atoms with Crippen LogP contribution in [0, 0.1) is 6.92 Å². The molecular weight excluding hydrogens is 298 g/mol. The third-order valence-electron chi connectivity index (χ3n) is 3.48. The number of fused-ring (bicyclic) bond motifs is 1. The summed E-state index contributed by atoms with van der Waals surface area (Å²) in [5, 5.41) is 6.79. The zero-order valence-electron chi connectivity index (χ0n) is 13.3. The van der Waals surface area contributed by atoms with Gasteiger partial charge in [-0.2, -0.15) is 0 Å². The number of benzene rings is 1. The highest BCUT2D eigenvalue weighted by Gasteiger charge is 2.28. The second-order valence-electron chi connectivity index (χ2n) is 6.39. The van der Waals surface area contributed by atoms with Crippen LogP contribution in [0.3, 0.4) is 0 Å². The molecule has 0 radical (unpaired) electrons. The van der Waals surface area contributed by atoms with Gasteiger partial charge in [0.2, 0.25) is 0 Å². The maximum Gasteiger partial charge on any atom is 0.417 e. The maximum atomic E-state index is 12.6. The summed E-state index contributed by atoms with van der Waals surface area (Å²) in [6.45, 7) is 7.58. The van der Waals surface area contributed by atoms with Crippen LogP contribution in [0.5, 0.6) is 0 Å². The number of carbonyl (C=O) groups excluding carboxylic acids is 1. The highest BCUT2D eigenvalue weighted by molar-refractivity contribution is 6.06. The van der Waals surface area contributed by atoms with Gasteiger partial charge in [0.1, 0.15) is 17.0 Å². The summed E-state index contributed by atoms with van der Waals surface area (Å²) in [7, 11) is 0. The number of aromatic nitrogens is 2. The van der Waals surface area contributed by atoms with Gasteiger partial charge in [0.25, 0.3) is 5.91 Å². The molecule has 0 saturated heterocycles. The van der Waals surface area contributed by atoms with E-state index < -0.39 is 5.76 Å². The van der Waals surface area contributed by atoms with Gasteiger partial charge in [-0.1, -0.05) is 25.9 Å². The van der Waals surface area contributed by atoms with Gasteiger partial charge in [-0.15, -0.1) is 0 Å². The van der Waals surface area contributed by atoms with Gasteiger partial charge in [-0.05, 0) is 19.1 Å². The van der Waals surface area contributed by atoms with E-state index in [2.05, 4.69) is 15.5 Å². The molecule has 0 fully saturated rings. The molecule has 0 aliphatic rings. The normalized spacial score (nSPS) is 11.8. The number of H-pyrrole nitrogens is 1. The second kappa shape index (κ2) is 5.12. The number of carbonyl (C=O) groups is 1. The molecule has 3 aromatic rings. The summed E-state index contributed by atoms with van der Waals surface area (Å²) in [5.74, 6) is -0.388. The van der Waals surface area contributed by atoms with E-state index in [1.807, 2.05) is 20.8 Å². The van der Waals surface area contributed by atoms with Gasteiger partial charge in [0.05, 0.1) is 5.52 Å². The lowest BCUT2D eigenvalue weighted by Crippen LogP contribution is -2.21. The molecule has 1 aromatic carbocycles. The first-order valence-corrected chi connectivity index (χ1v) is 7.16. The standard InChI is InChI=1S/C16H17N3O4/c1-8-12(13(19-23-8)16(2,3)4)14(20)17-9-5-6-10-11(7-9)22-15(21)18-10/h5-7H,1-4H3,(H,17,20)(H,18,21). The fourth-order valence-electron chi connectivity index (χ4n) is 2.37. The number of aryl methyl sites for hydroxylation is 1. The van der Waals surface area contributed by atoms with Crippen molar-refractivity contribution in [2.45, 2.75) is 33.1 Å². The molecule has 0 bridgehead atoms. The molecule has 0 aliphatic carbocycles. The van der Waals surface area contributed by atoms with Gasteiger partial charge in [0, 0.05) is 17.2 Å². The van der Waals surface area contributed by atoms with Crippen LogP contribution in [0.2, 0.25) is 0 Å². The molecule has 3 rings (SSSR count). The van der Waals surface area contributed by atoms with E-state index in [0.29, 0.717) is 33.8 Å². The van der Waals surface area contributed by atoms with Crippen LogP contribution in [-0.2, 0) is 5.41 Å². The molecule has 23 heavy (non-hydrogen) atoms. The molecule has 0 aliphatic heterocycles. The summed E-state index contributed by atoms with van der Waals surface area (Å²) in [4.78, 5) is 26.3. The monoisotopic (exact) mass is 315 g/mol. The van der Waals surface area contributed by atoms with Gasteiger partial charge < -0.3 is 14.3 Å². The summed E-state index contributed by atoms with van der Waals surface area (Å²) in [5.41, 5.74) is 2.18. The van der Waals surface area contributed by atoms with Crippen LogP contribution in [0.1, 0.15) is 42.6 Å². The highest BCUT2D eigenvalue weighted by Crippen LogP contribution is 2.28. The second-order valence-corrected chi connectivity index (χ2v) is 6.39. The minimum atomic E-state index is -0.534. The number of rotatable bonds is 2. The minimum absolute atomic E-state index is 0.314. The summed E-state index contributed by atoms with van der Waals surface area (Å²) < 4.78 is 10.2. The Hall–Kier alpha value is -2.83. The quantitative estimate of drug-likeness (QED) is 0.757. The van der Waals surface area contributed by atoms with Crippen LogP contribution >= 0.6 is 0 Å². The van der Waals surface area contributed by atoms with E-state index in [9.17, 15) is 9.59 Å². The molecular formula is C16H17N3O4. The number of nitrogens with one attached hydrogen (secondary N) is 2. The number of hydrogen-bond acceptors (Lipinski definition) is 5. The van der Waals surface area contributed by atoms with Crippen molar-refractivity contribution in [1.82, 2.24) is 10.1 Å². The topological polar surface area (TPSA) is 101 Å². The van der Waals surface area contributed by atoms with Crippen molar-refractivity contribution in [2.75, 3.05) is 5.32 Å². The molecule has 120 valence electrons. The van der Waals surface area contributed by atoms with Gasteiger partial charge in [-0.3, -0.25) is 9.78 Å². The van der Waals surface area contributed by atoms with Crippen molar-refractivity contribution in [3.05, 3.63) is 45.8 Å². The van der Waals surface area contributed by atoms with Gasteiger partial charge in [-0.25, -0.2) is 4.79 Å². The number of hydrogen-bond donors (Lipinski definition) is 2. The smallest absolute Gasteiger partial charge is 0.408 e. The summed E-state index contributed by atoms with van der Waals surface area (Å²) >= 11 is 0. The number of oxazole rings is 1. The largest absolute Gasteiger partial charge is 0.417 e. The number of amides is 1. The molecule has 0 atom stereocenters. The number of nitrogens with zero attached hydrogens (tertiary/aromatic N) is 1. The van der Waals surface area contributed by atoms with Crippen molar-refractivity contribution in [3.8, 4) is 0 Å². The van der Waals surface area contributed by atoms with Crippen LogP contribution in [0.25, 0.3) is 11.1 Å². The molecule has 1 amide bonds. The maximum absolute atomic E-state index is 12.6. The molecule has 2 N–H and O–H groups in total. The fraction of sp³-hybridized carbons (Fsp3) is 0.312. The van der Waals surface area contributed by atoms with Crippen molar-refractivity contribution in [1.29, 1.82) is 0 Å². The molecule has 7 nitrogen and oxygen atoms in total. The molecule has 2 heterocycles. The Kier molecular flexibility index (Phi) is 3.35. The first kappa shape index (κ1) is 15.1. The lowest BCUT2D eigenvalue weighted by molar-refractivity contribution is 0.102. The van der Waals surface area contributed by atoms with Crippen LogP contribution in [0.4, 0.5) is 5.69 Å². The van der Waals surface area contributed by atoms with Crippen molar-refractivity contribution in [2.24, 2.45) is 0 Å². The molecule has 7 heteroatoms. The third kappa shape index (κ3) is 2.77. The highest BCUT2D eigenvalue weighted by atomic mass is 16.5. The molecule has 0 unspecified atom stereocenters. The average molecular weight is 315 g/mol. The Labute approximate surface area is 131 Å². The lowest BCUT2D eigenvalue weighted by Gasteiger charge is -2.16. The average Bonchev–Trinajstić information content (AvgIpc) is 2.99. The predicted octanol–water partition coefficient (Wildman–Crippen LogP) is 2.97. The zero-order chi connectivity index (χ0) is 16.8. The van der Waals surface area contributed by atoms with Crippen LogP contribution in [0.15, 0.2) is 31.9 Å². The van der Waals surface area contributed by atoms with Crippen LogP contribution in [-0.4, -0.2) is 16.0 Å². The number of anilines is 1. The van der Waals surface area contributed by atoms with Gasteiger partial charge >= 0.3 is 5.76 Å². The third-order valence-corrected chi connectivity index (χ3v) is 3.48. The Morgan fingerprint density at radius 2 is 2.04 bits per heavy atom. The van der Waals surface area contributed by atoms with E-state index >= 15 is 0 Å². The van der Waals surface area contributed by atoms with Crippen molar-refractivity contribution < 1.29 is 13.7 Å². The number of aromatic amines is 1. The van der Waals surface area contributed by atoms with Crippen molar-refractivity contribution >= 4 is 22.7 Å². The van der Waals surface area contributed by atoms with E-state index in [0.717, 1.165) is 0 Å². The van der Waals surface area contributed by atoms with E-state index in [1.165, 1.54) is 0 Å². The van der Waals surface area contributed by atoms with Crippen LogP contribution < -0.4 is 11.1 Å². The molecule has 0 saturated carbocycles. The first-order valence-electron chi connectivity index (χ1n) is 7.16. The Morgan fingerprint density at radius 1 is 1.30 bits per heavy atom. The van der Waals surface area contributed by atoms with Crippen molar-refractivity contribution in [3.63, 3.8) is 0 Å². The Morgan fingerprint density at radius 3 is 2.74 bits per heavy atom. The Bertz CT molecular complexity index is 940. The fourth-order valence-corrected chi connectivity index (χ4v) is 2.37. The zero-order valence-corrected chi connectivity index (χ0v) is 13.3. The van der Waals surface area contributed by atoms with Gasteiger partial charge in [0.15, 0.2) is 5.58 Å². The minimum Gasteiger partial charge on any atom is -0.408 e.